The van der Waals surface area contributed by atoms with Crippen LogP contribution in [0.5, 0.6) is 0 Å². The first-order valence-corrected chi connectivity index (χ1v) is 5.94. The number of likely N-dealkylation sites (tertiary alicyclic amines) is 1. The molecule has 2 heterocycles. The van der Waals surface area contributed by atoms with E-state index in [1.165, 1.54) is 6.42 Å². The minimum absolute atomic E-state index is 0.0505. The summed E-state index contributed by atoms with van der Waals surface area (Å²) in [5, 5.41) is 13.1. The summed E-state index contributed by atoms with van der Waals surface area (Å²) in [6.45, 7) is 3.81. The summed E-state index contributed by atoms with van der Waals surface area (Å²) in [4.78, 5) is 2.45. The second-order valence-corrected chi connectivity index (χ2v) is 4.71. The van der Waals surface area contributed by atoms with Crippen molar-refractivity contribution in [1.29, 1.82) is 0 Å². The van der Waals surface area contributed by atoms with E-state index in [0.29, 0.717) is 0 Å². The van der Waals surface area contributed by atoms with Gasteiger partial charge in [-0.15, -0.1) is 0 Å². The molecule has 1 atom stereocenters. The SMILES string of the molecule is COCC1(N2CCC(O)CC2)CCCN1. The lowest BCUT2D eigenvalue weighted by Crippen LogP contribution is -2.60. The van der Waals surface area contributed by atoms with Crippen molar-refractivity contribution in [1.82, 2.24) is 10.2 Å². The Kier molecular flexibility index (Phi) is 3.61. The lowest BCUT2D eigenvalue weighted by Gasteiger charge is -2.44. The first-order valence-electron chi connectivity index (χ1n) is 5.94. The Balaban J connectivity index is 1.98. The van der Waals surface area contributed by atoms with Crippen LogP contribution < -0.4 is 5.32 Å². The van der Waals surface area contributed by atoms with Crippen molar-refractivity contribution in [2.24, 2.45) is 0 Å². The van der Waals surface area contributed by atoms with Crippen LogP contribution in [0.15, 0.2) is 0 Å². The molecule has 0 bridgehead atoms. The number of hydrogen-bond donors (Lipinski definition) is 2. The van der Waals surface area contributed by atoms with Gasteiger partial charge in [-0.05, 0) is 32.2 Å². The van der Waals surface area contributed by atoms with E-state index in [2.05, 4.69) is 10.2 Å². The standard InChI is InChI=1S/C11H22N2O2/c1-15-9-11(5-2-6-12-11)13-7-3-10(14)4-8-13/h10,12,14H,2-9H2,1H3. The van der Waals surface area contributed by atoms with Gasteiger partial charge in [-0.25, -0.2) is 0 Å². The molecule has 88 valence electrons. The van der Waals surface area contributed by atoms with Crippen LogP contribution in [-0.2, 0) is 4.74 Å². The molecule has 4 heteroatoms. The maximum absolute atomic E-state index is 9.51. The fourth-order valence-corrected chi connectivity index (χ4v) is 2.81. The molecule has 2 aliphatic heterocycles. The summed E-state index contributed by atoms with van der Waals surface area (Å²) >= 11 is 0. The molecule has 0 aromatic heterocycles. The van der Waals surface area contributed by atoms with Crippen molar-refractivity contribution >= 4 is 0 Å². The van der Waals surface area contributed by atoms with Crippen molar-refractivity contribution < 1.29 is 9.84 Å². The topological polar surface area (TPSA) is 44.7 Å². The number of methoxy groups -OCH3 is 1. The quantitative estimate of drug-likeness (QED) is 0.703. The second kappa shape index (κ2) is 4.78. The summed E-state index contributed by atoms with van der Waals surface area (Å²) in [5.41, 5.74) is 0.0505. The summed E-state index contributed by atoms with van der Waals surface area (Å²) in [6.07, 6.45) is 4.09. The fourth-order valence-electron chi connectivity index (χ4n) is 2.81. The summed E-state index contributed by atoms with van der Waals surface area (Å²) in [5.74, 6) is 0. The molecule has 0 aromatic rings. The van der Waals surface area contributed by atoms with E-state index in [4.69, 9.17) is 4.74 Å². The lowest BCUT2D eigenvalue weighted by molar-refractivity contribution is -0.0348. The van der Waals surface area contributed by atoms with Gasteiger partial charge in [0.25, 0.3) is 0 Å². The van der Waals surface area contributed by atoms with E-state index in [1.807, 2.05) is 0 Å². The van der Waals surface area contributed by atoms with Crippen molar-refractivity contribution in [3.63, 3.8) is 0 Å². The molecule has 0 saturated carbocycles. The van der Waals surface area contributed by atoms with Gasteiger partial charge in [0.2, 0.25) is 0 Å². The highest BCUT2D eigenvalue weighted by atomic mass is 16.5. The van der Waals surface area contributed by atoms with Crippen LogP contribution in [0.3, 0.4) is 0 Å². The smallest absolute Gasteiger partial charge is 0.0953 e. The van der Waals surface area contributed by atoms with Gasteiger partial charge in [0.1, 0.15) is 0 Å². The molecule has 2 saturated heterocycles. The first-order chi connectivity index (χ1) is 7.27. The Hall–Kier alpha value is -0.160. The van der Waals surface area contributed by atoms with E-state index < -0.39 is 0 Å². The van der Waals surface area contributed by atoms with Crippen LogP contribution in [0, 0.1) is 0 Å². The fraction of sp³-hybridized carbons (Fsp3) is 1.00. The average molecular weight is 214 g/mol. The third kappa shape index (κ3) is 2.33. The average Bonchev–Trinajstić information content (AvgIpc) is 2.69. The van der Waals surface area contributed by atoms with E-state index in [0.717, 1.165) is 45.5 Å². The van der Waals surface area contributed by atoms with Gasteiger partial charge in [-0.2, -0.15) is 0 Å². The van der Waals surface area contributed by atoms with Crippen LogP contribution in [0.25, 0.3) is 0 Å². The number of hydrogen-bond acceptors (Lipinski definition) is 4. The Morgan fingerprint density at radius 2 is 2.20 bits per heavy atom. The number of aliphatic hydroxyl groups excluding tert-OH is 1. The van der Waals surface area contributed by atoms with Crippen molar-refractivity contribution in [2.75, 3.05) is 33.4 Å². The van der Waals surface area contributed by atoms with Crippen molar-refractivity contribution in [2.45, 2.75) is 37.5 Å². The molecular formula is C11H22N2O2. The minimum Gasteiger partial charge on any atom is -0.393 e. The van der Waals surface area contributed by atoms with Gasteiger partial charge < -0.3 is 9.84 Å². The maximum Gasteiger partial charge on any atom is 0.0953 e. The molecule has 0 amide bonds. The van der Waals surface area contributed by atoms with Crippen LogP contribution >= 0.6 is 0 Å². The summed E-state index contributed by atoms with van der Waals surface area (Å²) in [6, 6.07) is 0. The van der Waals surface area contributed by atoms with Gasteiger partial charge in [0.05, 0.1) is 18.4 Å². The van der Waals surface area contributed by atoms with Gasteiger partial charge in [0.15, 0.2) is 0 Å². The highest BCUT2D eigenvalue weighted by Crippen LogP contribution is 2.27. The predicted octanol–water partition coefficient (Wildman–Crippen LogP) is 0.169. The number of piperidine rings is 1. The number of aliphatic hydroxyl groups is 1. The van der Waals surface area contributed by atoms with Crippen molar-refractivity contribution in [3.05, 3.63) is 0 Å². The molecule has 0 spiro atoms. The normalized spacial score (nSPS) is 34.8. The zero-order chi connectivity index (χ0) is 10.7. The molecule has 1 unspecified atom stereocenters. The van der Waals surface area contributed by atoms with E-state index >= 15 is 0 Å². The molecule has 2 N–H and O–H groups in total. The third-order valence-corrected chi connectivity index (χ3v) is 3.67. The molecule has 0 radical (unpaired) electrons. The largest absolute Gasteiger partial charge is 0.393 e. The number of rotatable bonds is 3. The molecule has 0 aliphatic carbocycles. The number of nitrogens with zero attached hydrogens (tertiary/aromatic N) is 1. The van der Waals surface area contributed by atoms with Crippen molar-refractivity contribution in [3.8, 4) is 0 Å². The number of nitrogens with one attached hydrogen (secondary N) is 1. The lowest BCUT2D eigenvalue weighted by atomic mass is 10.0. The van der Waals surface area contributed by atoms with Crippen LogP contribution in [0.2, 0.25) is 0 Å². The van der Waals surface area contributed by atoms with Gasteiger partial charge >= 0.3 is 0 Å². The van der Waals surface area contributed by atoms with E-state index in [1.54, 1.807) is 7.11 Å². The second-order valence-electron chi connectivity index (χ2n) is 4.71. The van der Waals surface area contributed by atoms with Crippen LogP contribution in [-0.4, -0.2) is 55.1 Å². The zero-order valence-electron chi connectivity index (χ0n) is 9.54. The zero-order valence-corrected chi connectivity index (χ0v) is 9.54. The molecule has 2 rings (SSSR count). The summed E-state index contributed by atoms with van der Waals surface area (Å²) < 4.78 is 5.34. The Morgan fingerprint density at radius 1 is 1.47 bits per heavy atom. The highest BCUT2D eigenvalue weighted by molar-refractivity contribution is 4.94. The van der Waals surface area contributed by atoms with Gasteiger partial charge in [0, 0.05) is 20.2 Å². The van der Waals surface area contributed by atoms with Gasteiger partial charge in [-0.3, -0.25) is 10.2 Å². The Bertz CT molecular complexity index is 197. The number of ether oxygens (including phenoxy) is 1. The highest BCUT2D eigenvalue weighted by Gasteiger charge is 2.40. The minimum atomic E-state index is -0.0951. The van der Waals surface area contributed by atoms with E-state index in [9.17, 15) is 5.11 Å². The maximum atomic E-state index is 9.51. The molecule has 0 aromatic carbocycles. The Labute approximate surface area is 91.6 Å². The first kappa shape index (κ1) is 11.3. The van der Waals surface area contributed by atoms with Crippen LogP contribution in [0.4, 0.5) is 0 Å². The molecule has 2 aliphatic rings. The molecule has 4 nitrogen and oxygen atoms in total. The van der Waals surface area contributed by atoms with E-state index in [-0.39, 0.29) is 11.8 Å². The molecule has 2 fully saturated rings. The van der Waals surface area contributed by atoms with Crippen LogP contribution in [0.1, 0.15) is 25.7 Å². The molecule has 15 heavy (non-hydrogen) atoms. The Morgan fingerprint density at radius 3 is 2.73 bits per heavy atom. The third-order valence-electron chi connectivity index (χ3n) is 3.67. The monoisotopic (exact) mass is 214 g/mol. The predicted molar refractivity (Wildman–Crippen MR) is 58.7 cm³/mol. The van der Waals surface area contributed by atoms with Gasteiger partial charge in [-0.1, -0.05) is 0 Å². The molecular weight excluding hydrogens is 192 g/mol. The summed E-state index contributed by atoms with van der Waals surface area (Å²) in [7, 11) is 1.76.